The Balaban J connectivity index is 2.08. The molecule has 0 aromatic rings. The Hall–Kier alpha value is -0.530. The molecule has 2 heteroatoms. The standard InChI is InChI=1S/C13H24N2/c1-13(2,3)12(14)15-9-8-10-6-4-5-7-11(10)15/h10-11,14H,4-9H2,1-3H3. The third kappa shape index (κ3) is 2.04. The van der Waals surface area contributed by atoms with E-state index in [0.29, 0.717) is 6.04 Å². The van der Waals surface area contributed by atoms with Crippen LogP contribution in [0.25, 0.3) is 0 Å². The Morgan fingerprint density at radius 2 is 1.80 bits per heavy atom. The van der Waals surface area contributed by atoms with E-state index in [2.05, 4.69) is 25.7 Å². The molecule has 2 aliphatic rings. The van der Waals surface area contributed by atoms with E-state index in [1.807, 2.05) is 0 Å². The molecule has 0 bridgehead atoms. The van der Waals surface area contributed by atoms with Gasteiger partial charge in [0.1, 0.15) is 5.84 Å². The number of fused-ring (bicyclic) bond motifs is 1. The van der Waals surface area contributed by atoms with Crippen LogP contribution in [-0.2, 0) is 0 Å². The summed E-state index contributed by atoms with van der Waals surface area (Å²) in [6.07, 6.45) is 6.83. The molecule has 0 amide bonds. The first-order chi connectivity index (χ1) is 7.00. The average molecular weight is 208 g/mol. The van der Waals surface area contributed by atoms with Gasteiger partial charge in [-0.15, -0.1) is 0 Å². The van der Waals surface area contributed by atoms with Crippen molar-refractivity contribution in [1.29, 1.82) is 5.41 Å². The van der Waals surface area contributed by atoms with E-state index in [9.17, 15) is 0 Å². The predicted molar refractivity (Wildman–Crippen MR) is 64.3 cm³/mol. The number of rotatable bonds is 0. The van der Waals surface area contributed by atoms with Gasteiger partial charge in [-0.3, -0.25) is 5.41 Å². The zero-order valence-electron chi connectivity index (χ0n) is 10.3. The predicted octanol–water partition coefficient (Wildman–Crippen LogP) is 3.27. The van der Waals surface area contributed by atoms with Gasteiger partial charge in [0, 0.05) is 18.0 Å². The second-order valence-corrected chi connectivity index (χ2v) is 6.19. The summed E-state index contributed by atoms with van der Waals surface area (Å²) < 4.78 is 0. The number of nitrogens with one attached hydrogen (secondary N) is 1. The molecule has 1 saturated carbocycles. The van der Waals surface area contributed by atoms with Gasteiger partial charge in [-0.1, -0.05) is 33.6 Å². The highest BCUT2D eigenvalue weighted by Crippen LogP contribution is 2.38. The number of hydrogen-bond donors (Lipinski definition) is 1. The van der Waals surface area contributed by atoms with E-state index in [4.69, 9.17) is 5.41 Å². The van der Waals surface area contributed by atoms with Crippen molar-refractivity contribution in [1.82, 2.24) is 4.90 Å². The Bertz CT molecular complexity index is 252. The summed E-state index contributed by atoms with van der Waals surface area (Å²) in [6.45, 7) is 7.61. The van der Waals surface area contributed by atoms with Crippen LogP contribution in [0.4, 0.5) is 0 Å². The molecule has 15 heavy (non-hydrogen) atoms. The molecule has 2 unspecified atom stereocenters. The van der Waals surface area contributed by atoms with Gasteiger partial charge < -0.3 is 4.90 Å². The Morgan fingerprint density at radius 1 is 1.13 bits per heavy atom. The fraction of sp³-hybridized carbons (Fsp3) is 0.923. The van der Waals surface area contributed by atoms with Crippen LogP contribution < -0.4 is 0 Å². The summed E-state index contributed by atoms with van der Waals surface area (Å²) in [5.41, 5.74) is 0.0202. The highest BCUT2D eigenvalue weighted by atomic mass is 15.2. The minimum atomic E-state index is 0.0202. The number of likely N-dealkylation sites (tertiary alicyclic amines) is 1. The third-order valence-electron chi connectivity index (χ3n) is 4.01. The molecule has 2 rings (SSSR count). The lowest BCUT2D eigenvalue weighted by Gasteiger charge is -2.37. The zero-order valence-corrected chi connectivity index (χ0v) is 10.3. The van der Waals surface area contributed by atoms with Crippen LogP contribution in [0.1, 0.15) is 52.9 Å². The van der Waals surface area contributed by atoms with Gasteiger partial charge in [-0.25, -0.2) is 0 Å². The molecule has 1 aliphatic carbocycles. The Kier molecular flexibility index (Phi) is 2.78. The van der Waals surface area contributed by atoms with Gasteiger partial charge in [-0.05, 0) is 25.2 Å². The van der Waals surface area contributed by atoms with Crippen LogP contribution >= 0.6 is 0 Å². The van der Waals surface area contributed by atoms with Gasteiger partial charge in [0.2, 0.25) is 0 Å². The zero-order chi connectivity index (χ0) is 11.1. The molecular formula is C13H24N2. The monoisotopic (exact) mass is 208 g/mol. The summed E-state index contributed by atoms with van der Waals surface area (Å²) in [5.74, 6) is 1.75. The third-order valence-corrected chi connectivity index (χ3v) is 4.01. The lowest BCUT2D eigenvalue weighted by Crippen LogP contribution is -2.44. The fourth-order valence-electron chi connectivity index (χ4n) is 3.11. The highest BCUT2D eigenvalue weighted by Gasteiger charge is 2.39. The maximum Gasteiger partial charge on any atom is 0.102 e. The lowest BCUT2D eigenvalue weighted by atomic mass is 9.84. The van der Waals surface area contributed by atoms with Crippen molar-refractivity contribution in [2.75, 3.05) is 6.54 Å². The molecule has 0 radical (unpaired) electrons. The van der Waals surface area contributed by atoms with Crippen molar-refractivity contribution < 1.29 is 0 Å². The molecule has 1 aliphatic heterocycles. The average Bonchev–Trinajstić information content (AvgIpc) is 2.58. The highest BCUT2D eigenvalue weighted by molar-refractivity contribution is 5.84. The van der Waals surface area contributed by atoms with Crippen LogP contribution in [0.5, 0.6) is 0 Å². The molecule has 0 aromatic heterocycles. The lowest BCUT2D eigenvalue weighted by molar-refractivity contribution is 0.239. The number of hydrogen-bond acceptors (Lipinski definition) is 1. The van der Waals surface area contributed by atoms with E-state index in [1.54, 1.807) is 0 Å². The molecular weight excluding hydrogens is 184 g/mol. The summed E-state index contributed by atoms with van der Waals surface area (Å²) in [5, 5.41) is 8.29. The molecule has 1 heterocycles. The molecule has 86 valence electrons. The number of nitrogens with zero attached hydrogens (tertiary/aromatic N) is 1. The van der Waals surface area contributed by atoms with E-state index >= 15 is 0 Å². The second-order valence-electron chi connectivity index (χ2n) is 6.19. The van der Waals surface area contributed by atoms with Crippen LogP contribution in [0.2, 0.25) is 0 Å². The fourth-order valence-corrected chi connectivity index (χ4v) is 3.11. The van der Waals surface area contributed by atoms with Crippen molar-refractivity contribution in [3.63, 3.8) is 0 Å². The van der Waals surface area contributed by atoms with Gasteiger partial charge in [0.15, 0.2) is 0 Å². The minimum Gasteiger partial charge on any atom is -0.357 e. The normalized spacial score (nSPS) is 31.5. The molecule has 0 aromatic carbocycles. The molecule has 2 nitrogen and oxygen atoms in total. The summed E-state index contributed by atoms with van der Waals surface area (Å²) in [7, 11) is 0. The van der Waals surface area contributed by atoms with Crippen molar-refractivity contribution >= 4 is 5.84 Å². The van der Waals surface area contributed by atoms with Gasteiger partial charge in [-0.2, -0.15) is 0 Å². The first kappa shape index (κ1) is 11.0. The number of amidine groups is 1. The van der Waals surface area contributed by atoms with E-state index in [0.717, 1.165) is 18.3 Å². The molecule has 1 N–H and O–H groups in total. The van der Waals surface area contributed by atoms with Crippen LogP contribution in [-0.4, -0.2) is 23.3 Å². The quantitative estimate of drug-likeness (QED) is 0.480. The topological polar surface area (TPSA) is 27.1 Å². The largest absolute Gasteiger partial charge is 0.357 e. The smallest absolute Gasteiger partial charge is 0.102 e. The van der Waals surface area contributed by atoms with Crippen LogP contribution in [0, 0.1) is 16.7 Å². The molecule has 2 fully saturated rings. The van der Waals surface area contributed by atoms with Crippen molar-refractivity contribution in [3.8, 4) is 0 Å². The Morgan fingerprint density at radius 3 is 2.47 bits per heavy atom. The molecule has 1 saturated heterocycles. The van der Waals surface area contributed by atoms with Crippen LogP contribution in [0.15, 0.2) is 0 Å². The van der Waals surface area contributed by atoms with E-state index in [1.165, 1.54) is 32.1 Å². The second kappa shape index (κ2) is 3.80. The summed E-state index contributed by atoms with van der Waals surface area (Å²) in [6, 6.07) is 0.700. The summed E-state index contributed by atoms with van der Waals surface area (Å²) in [4.78, 5) is 2.39. The SMILES string of the molecule is CC(C)(C)C(=N)N1CCC2CCCCC21. The van der Waals surface area contributed by atoms with Crippen molar-refractivity contribution in [2.24, 2.45) is 11.3 Å². The first-order valence-electron chi connectivity index (χ1n) is 6.36. The van der Waals surface area contributed by atoms with E-state index in [-0.39, 0.29) is 5.41 Å². The maximum absolute atomic E-state index is 8.29. The van der Waals surface area contributed by atoms with E-state index < -0.39 is 0 Å². The van der Waals surface area contributed by atoms with Gasteiger partial charge in [0.25, 0.3) is 0 Å². The Labute approximate surface area is 93.6 Å². The maximum atomic E-state index is 8.29. The van der Waals surface area contributed by atoms with Gasteiger partial charge in [0.05, 0.1) is 0 Å². The minimum absolute atomic E-state index is 0.0202. The van der Waals surface area contributed by atoms with Crippen LogP contribution in [0.3, 0.4) is 0 Å². The van der Waals surface area contributed by atoms with Crippen molar-refractivity contribution in [3.05, 3.63) is 0 Å². The molecule has 0 spiro atoms. The van der Waals surface area contributed by atoms with Crippen molar-refractivity contribution in [2.45, 2.75) is 58.9 Å². The van der Waals surface area contributed by atoms with Gasteiger partial charge >= 0.3 is 0 Å². The molecule has 2 atom stereocenters. The first-order valence-corrected chi connectivity index (χ1v) is 6.36. The summed E-state index contributed by atoms with van der Waals surface area (Å²) >= 11 is 0.